The van der Waals surface area contributed by atoms with Crippen LogP contribution in [0, 0.1) is 0 Å². The molecule has 0 unspecified atom stereocenters. The van der Waals surface area contributed by atoms with Gasteiger partial charge in [-0.3, -0.25) is 4.79 Å². The molecule has 1 amide bonds. The van der Waals surface area contributed by atoms with Crippen LogP contribution >= 0.6 is 11.6 Å². The van der Waals surface area contributed by atoms with Crippen LogP contribution < -0.4 is 4.74 Å². The number of piperidine rings is 1. The highest BCUT2D eigenvalue weighted by Crippen LogP contribution is 2.27. The fourth-order valence-electron chi connectivity index (χ4n) is 3.28. The Kier molecular flexibility index (Phi) is 5.58. The third-order valence-electron chi connectivity index (χ3n) is 4.77. The van der Waals surface area contributed by atoms with Gasteiger partial charge in [-0.1, -0.05) is 47.1 Å². The summed E-state index contributed by atoms with van der Waals surface area (Å²) in [5.41, 5.74) is 0.914. The smallest absolute Gasteiger partial charge is 0.260 e. The first kappa shape index (κ1) is 18.5. The number of hydrogen-bond donors (Lipinski definition) is 0. The van der Waals surface area contributed by atoms with Gasteiger partial charge in [0.25, 0.3) is 5.91 Å². The molecule has 1 atom stereocenters. The largest absolute Gasteiger partial charge is 0.484 e. The molecule has 7 heteroatoms. The van der Waals surface area contributed by atoms with Crippen molar-refractivity contribution < 1.29 is 14.1 Å². The van der Waals surface area contributed by atoms with Gasteiger partial charge in [-0.05, 0) is 37.1 Å². The molecule has 0 spiro atoms. The zero-order chi connectivity index (χ0) is 19.3. The van der Waals surface area contributed by atoms with Crippen LogP contribution in [0.1, 0.15) is 24.7 Å². The lowest BCUT2D eigenvalue weighted by atomic mass is 9.98. The van der Waals surface area contributed by atoms with E-state index in [4.69, 9.17) is 20.9 Å². The van der Waals surface area contributed by atoms with Gasteiger partial charge in [0.15, 0.2) is 6.61 Å². The highest BCUT2D eigenvalue weighted by atomic mass is 35.5. The molecular weight excluding hydrogens is 378 g/mol. The molecule has 0 N–H and O–H groups in total. The highest BCUT2D eigenvalue weighted by Gasteiger charge is 2.28. The molecule has 0 radical (unpaired) electrons. The fraction of sp³-hybridized carbons (Fsp3) is 0.286. The lowest BCUT2D eigenvalue weighted by Gasteiger charge is -2.30. The Hall–Kier alpha value is -2.86. The number of carbonyl (C=O) groups is 1. The van der Waals surface area contributed by atoms with Gasteiger partial charge in [0.1, 0.15) is 5.75 Å². The predicted molar refractivity (Wildman–Crippen MR) is 105 cm³/mol. The molecule has 1 fully saturated rings. The summed E-state index contributed by atoms with van der Waals surface area (Å²) in [4.78, 5) is 18.9. The Morgan fingerprint density at radius 3 is 2.75 bits per heavy atom. The Morgan fingerprint density at radius 1 is 1.18 bits per heavy atom. The van der Waals surface area contributed by atoms with Crippen molar-refractivity contribution in [1.82, 2.24) is 15.0 Å². The van der Waals surface area contributed by atoms with Gasteiger partial charge >= 0.3 is 0 Å². The van der Waals surface area contributed by atoms with Crippen molar-refractivity contribution in [2.75, 3.05) is 19.7 Å². The van der Waals surface area contributed by atoms with E-state index in [9.17, 15) is 4.79 Å². The maximum absolute atomic E-state index is 12.6. The van der Waals surface area contributed by atoms with Crippen LogP contribution in [0.5, 0.6) is 5.75 Å². The molecule has 3 aromatic rings. The average molecular weight is 398 g/mol. The first-order valence-electron chi connectivity index (χ1n) is 9.24. The van der Waals surface area contributed by atoms with Crippen molar-refractivity contribution >= 4 is 17.5 Å². The summed E-state index contributed by atoms with van der Waals surface area (Å²) >= 11 is 5.86. The molecule has 2 heterocycles. The topological polar surface area (TPSA) is 68.5 Å². The molecule has 0 saturated carbocycles. The van der Waals surface area contributed by atoms with Crippen LogP contribution in [0.15, 0.2) is 59.1 Å². The minimum Gasteiger partial charge on any atom is -0.484 e. The van der Waals surface area contributed by atoms with Crippen LogP contribution in [0.25, 0.3) is 11.4 Å². The Balaban J connectivity index is 1.37. The molecule has 0 aliphatic carbocycles. The van der Waals surface area contributed by atoms with Crippen LogP contribution in [0.2, 0.25) is 5.02 Å². The van der Waals surface area contributed by atoms with Gasteiger partial charge < -0.3 is 14.2 Å². The van der Waals surface area contributed by atoms with Gasteiger partial charge in [0, 0.05) is 23.7 Å². The van der Waals surface area contributed by atoms with Crippen molar-refractivity contribution in [3.63, 3.8) is 0 Å². The second-order valence-electron chi connectivity index (χ2n) is 6.74. The molecule has 1 aliphatic heterocycles. The van der Waals surface area contributed by atoms with Gasteiger partial charge in [-0.15, -0.1) is 0 Å². The van der Waals surface area contributed by atoms with Gasteiger partial charge in [0.05, 0.1) is 5.92 Å². The summed E-state index contributed by atoms with van der Waals surface area (Å²) in [6.45, 7) is 1.26. The molecule has 1 aliphatic rings. The third-order valence-corrected chi connectivity index (χ3v) is 5.02. The maximum atomic E-state index is 12.6. The average Bonchev–Trinajstić information content (AvgIpc) is 3.24. The Bertz CT molecular complexity index is 928. The number of benzene rings is 2. The summed E-state index contributed by atoms with van der Waals surface area (Å²) < 4.78 is 11.1. The van der Waals surface area contributed by atoms with Crippen molar-refractivity contribution in [3.8, 4) is 17.1 Å². The number of ether oxygens (including phenoxy) is 1. The SMILES string of the molecule is O=C(COc1ccc(Cl)cc1)N1CCC[C@@H](c2nc(-c3ccccc3)no2)C1. The third kappa shape index (κ3) is 4.34. The van der Waals surface area contributed by atoms with Gasteiger partial charge in [0.2, 0.25) is 11.7 Å². The lowest BCUT2D eigenvalue weighted by Crippen LogP contribution is -2.41. The van der Waals surface area contributed by atoms with Crippen LogP contribution in [0.3, 0.4) is 0 Å². The molecule has 1 aromatic heterocycles. The zero-order valence-electron chi connectivity index (χ0n) is 15.3. The van der Waals surface area contributed by atoms with E-state index >= 15 is 0 Å². The van der Waals surface area contributed by atoms with E-state index in [1.165, 1.54) is 0 Å². The minimum absolute atomic E-state index is 0.00650. The summed E-state index contributed by atoms with van der Waals surface area (Å²) in [6.07, 6.45) is 1.80. The Labute approximate surface area is 168 Å². The Morgan fingerprint density at radius 2 is 1.96 bits per heavy atom. The lowest BCUT2D eigenvalue weighted by molar-refractivity contribution is -0.134. The van der Waals surface area contributed by atoms with Gasteiger partial charge in [-0.25, -0.2) is 0 Å². The van der Waals surface area contributed by atoms with Crippen molar-refractivity contribution in [2.45, 2.75) is 18.8 Å². The molecule has 4 rings (SSSR count). The predicted octanol–water partition coefficient (Wildman–Crippen LogP) is 4.18. The van der Waals surface area contributed by atoms with Crippen LogP contribution in [0.4, 0.5) is 0 Å². The second kappa shape index (κ2) is 8.44. The van der Waals surface area contributed by atoms with E-state index in [1.54, 1.807) is 29.2 Å². The summed E-state index contributed by atoms with van der Waals surface area (Å²) in [5.74, 6) is 1.76. The monoisotopic (exact) mass is 397 g/mol. The number of likely N-dealkylation sites (tertiary alicyclic amines) is 1. The quantitative estimate of drug-likeness (QED) is 0.646. The number of hydrogen-bond acceptors (Lipinski definition) is 5. The minimum atomic E-state index is -0.0533. The normalized spacial score (nSPS) is 16.8. The molecule has 144 valence electrons. The maximum Gasteiger partial charge on any atom is 0.260 e. The number of aromatic nitrogens is 2. The summed E-state index contributed by atoms with van der Waals surface area (Å²) in [7, 11) is 0. The van der Waals surface area contributed by atoms with Gasteiger partial charge in [-0.2, -0.15) is 4.98 Å². The molecule has 0 bridgehead atoms. The molecular formula is C21H20ClN3O3. The standard InChI is InChI=1S/C21H20ClN3O3/c22-17-8-10-18(11-9-17)27-14-19(26)25-12-4-7-16(13-25)21-23-20(24-28-21)15-5-2-1-3-6-15/h1-3,5-6,8-11,16H,4,7,12-14H2/t16-/m1/s1. The number of amides is 1. The number of nitrogens with zero attached hydrogens (tertiary/aromatic N) is 3. The number of rotatable bonds is 5. The molecule has 28 heavy (non-hydrogen) atoms. The summed E-state index contributed by atoms with van der Waals surface area (Å²) in [6, 6.07) is 16.7. The molecule has 1 saturated heterocycles. The van der Waals surface area contributed by atoms with Crippen molar-refractivity contribution in [2.24, 2.45) is 0 Å². The van der Waals surface area contributed by atoms with E-state index in [2.05, 4.69) is 10.1 Å². The van der Waals surface area contributed by atoms with E-state index in [0.717, 1.165) is 18.4 Å². The second-order valence-corrected chi connectivity index (χ2v) is 7.18. The number of halogens is 1. The van der Waals surface area contributed by atoms with E-state index in [1.807, 2.05) is 30.3 Å². The van der Waals surface area contributed by atoms with E-state index in [0.29, 0.717) is 35.6 Å². The fourth-order valence-corrected chi connectivity index (χ4v) is 3.40. The van der Waals surface area contributed by atoms with Crippen LogP contribution in [-0.4, -0.2) is 40.6 Å². The first-order chi connectivity index (χ1) is 13.7. The molecule has 6 nitrogen and oxygen atoms in total. The number of carbonyl (C=O) groups excluding carboxylic acids is 1. The van der Waals surface area contributed by atoms with E-state index < -0.39 is 0 Å². The van der Waals surface area contributed by atoms with Crippen molar-refractivity contribution in [3.05, 3.63) is 65.5 Å². The molecule has 2 aromatic carbocycles. The van der Waals surface area contributed by atoms with Crippen molar-refractivity contribution in [1.29, 1.82) is 0 Å². The first-order valence-corrected chi connectivity index (χ1v) is 9.62. The van der Waals surface area contributed by atoms with Crippen LogP contribution in [-0.2, 0) is 4.79 Å². The zero-order valence-corrected chi connectivity index (χ0v) is 16.0. The highest BCUT2D eigenvalue weighted by molar-refractivity contribution is 6.30. The van der Waals surface area contributed by atoms with E-state index in [-0.39, 0.29) is 18.4 Å². The summed E-state index contributed by atoms with van der Waals surface area (Å²) in [5, 5.41) is 4.72.